The van der Waals surface area contributed by atoms with Crippen LogP contribution >= 0.6 is 23.4 Å². The van der Waals surface area contributed by atoms with Crippen LogP contribution in [0.5, 0.6) is 0 Å². The van der Waals surface area contributed by atoms with Gasteiger partial charge < -0.3 is 5.32 Å². The fourth-order valence-corrected chi connectivity index (χ4v) is 3.23. The fourth-order valence-electron chi connectivity index (χ4n) is 2.30. The van der Waals surface area contributed by atoms with Crippen LogP contribution in [0.25, 0.3) is 5.69 Å². The fraction of sp³-hybridized carbons (Fsp3) is 0.333. The highest BCUT2D eigenvalue weighted by atomic mass is 35.5. The molecule has 1 aliphatic rings. The zero-order valence-electron chi connectivity index (χ0n) is 12.9. The average Bonchev–Trinajstić information content (AvgIpc) is 3.37. The molecule has 0 unspecified atom stereocenters. The molecule has 1 fully saturated rings. The smallest absolute Gasteiger partial charge is 0.292 e. The van der Waals surface area contributed by atoms with E-state index in [9.17, 15) is 14.9 Å². The van der Waals surface area contributed by atoms with Gasteiger partial charge in [-0.3, -0.25) is 14.9 Å². The normalized spacial score (nSPS) is 15.1. The average molecular weight is 367 g/mol. The van der Waals surface area contributed by atoms with Gasteiger partial charge in [-0.25, -0.2) is 0 Å². The largest absolute Gasteiger partial charge is 0.381 e. The Morgan fingerprint density at radius 3 is 2.62 bits per heavy atom. The van der Waals surface area contributed by atoms with E-state index in [0.29, 0.717) is 11.4 Å². The molecule has 0 spiro atoms. The number of benzene rings is 1. The zero-order chi connectivity index (χ0) is 17.3. The lowest BCUT2D eigenvalue weighted by Crippen LogP contribution is -2.24. The summed E-state index contributed by atoms with van der Waals surface area (Å²) in [5.41, 5.74) is 0.398. The number of halogens is 1. The number of hydrogen-bond acceptors (Lipinski definition) is 6. The molecule has 24 heavy (non-hydrogen) atoms. The molecule has 3 rings (SSSR count). The van der Waals surface area contributed by atoms with E-state index in [4.69, 9.17) is 11.6 Å². The number of rotatable bonds is 6. The highest BCUT2D eigenvalue weighted by Crippen LogP contribution is 2.47. The Hall–Kier alpha value is -2.06. The van der Waals surface area contributed by atoms with Gasteiger partial charge in [0.2, 0.25) is 0 Å². The van der Waals surface area contributed by atoms with E-state index < -0.39 is 10.5 Å². The van der Waals surface area contributed by atoms with Crippen molar-refractivity contribution in [3.05, 3.63) is 56.0 Å². The summed E-state index contributed by atoms with van der Waals surface area (Å²) in [6.45, 7) is 0.733. The van der Waals surface area contributed by atoms with Gasteiger partial charge in [-0.15, -0.1) is 0 Å². The van der Waals surface area contributed by atoms with E-state index in [-0.39, 0.29) is 15.5 Å². The molecule has 0 radical (unpaired) electrons. The lowest BCUT2D eigenvalue weighted by atomic mass is 10.3. The monoisotopic (exact) mass is 366 g/mol. The van der Waals surface area contributed by atoms with Crippen molar-refractivity contribution in [1.82, 2.24) is 9.78 Å². The molecule has 0 bridgehead atoms. The standard InChI is InChI=1S/C15H15ClN4O3S/c1-24-15(6-7-15)9-17-12-8-18-19(14(21)13(12)16)10-2-4-11(5-3-10)20(22)23/h2-5,8,17H,6-7,9H2,1H3. The molecule has 9 heteroatoms. The molecular formula is C15H15ClN4O3S. The Kier molecular flexibility index (Phi) is 4.51. The Morgan fingerprint density at radius 1 is 1.42 bits per heavy atom. The molecule has 0 amide bonds. The van der Waals surface area contributed by atoms with Crippen molar-refractivity contribution in [3.8, 4) is 5.69 Å². The van der Waals surface area contributed by atoms with Gasteiger partial charge in [-0.05, 0) is 31.2 Å². The van der Waals surface area contributed by atoms with Gasteiger partial charge >= 0.3 is 0 Å². The van der Waals surface area contributed by atoms with Crippen LogP contribution in [0.2, 0.25) is 5.02 Å². The first-order chi connectivity index (χ1) is 11.5. The molecule has 1 heterocycles. The van der Waals surface area contributed by atoms with E-state index in [2.05, 4.69) is 16.7 Å². The zero-order valence-corrected chi connectivity index (χ0v) is 14.4. The van der Waals surface area contributed by atoms with E-state index in [1.54, 1.807) is 11.8 Å². The summed E-state index contributed by atoms with van der Waals surface area (Å²) >= 11 is 7.98. The van der Waals surface area contributed by atoms with E-state index in [1.807, 2.05) is 0 Å². The summed E-state index contributed by atoms with van der Waals surface area (Å²) in [5, 5.41) is 18.0. The van der Waals surface area contributed by atoms with Crippen LogP contribution in [-0.2, 0) is 0 Å². The predicted octanol–water partition coefficient (Wildman–Crippen LogP) is 3.10. The number of hydrogen-bond donors (Lipinski definition) is 1. The van der Waals surface area contributed by atoms with Crippen molar-refractivity contribution >= 4 is 34.7 Å². The number of thioether (sulfide) groups is 1. The van der Waals surface area contributed by atoms with Gasteiger partial charge in [0, 0.05) is 23.4 Å². The van der Waals surface area contributed by atoms with E-state index in [1.165, 1.54) is 30.5 Å². The molecule has 1 saturated carbocycles. The van der Waals surface area contributed by atoms with Crippen molar-refractivity contribution in [2.45, 2.75) is 17.6 Å². The van der Waals surface area contributed by atoms with Gasteiger partial charge in [0.25, 0.3) is 11.2 Å². The minimum atomic E-state index is -0.501. The molecule has 1 N–H and O–H groups in total. The second-order valence-corrected chi connectivity index (χ2v) is 7.26. The van der Waals surface area contributed by atoms with Crippen molar-refractivity contribution in [1.29, 1.82) is 0 Å². The Balaban J connectivity index is 1.84. The maximum Gasteiger partial charge on any atom is 0.292 e. The lowest BCUT2D eigenvalue weighted by Gasteiger charge is -2.15. The molecule has 7 nitrogen and oxygen atoms in total. The minimum absolute atomic E-state index is 0.0528. The Morgan fingerprint density at radius 2 is 2.08 bits per heavy atom. The van der Waals surface area contributed by atoms with Gasteiger partial charge in [0.15, 0.2) is 0 Å². The maximum atomic E-state index is 12.4. The van der Waals surface area contributed by atoms with Gasteiger partial charge in [-0.1, -0.05) is 11.6 Å². The van der Waals surface area contributed by atoms with Crippen LogP contribution in [0.1, 0.15) is 12.8 Å². The van der Waals surface area contributed by atoms with Crippen molar-refractivity contribution in [3.63, 3.8) is 0 Å². The highest BCUT2D eigenvalue weighted by molar-refractivity contribution is 8.00. The first kappa shape index (κ1) is 16.8. The number of non-ortho nitro benzene ring substituents is 1. The molecule has 0 aliphatic heterocycles. The molecule has 2 aromatic rings. The molecule has 1 aromatic carbocycles. The number of nitro groups is 1. The molecular weight excluding hydrogens is 352 g/mol. The maximum absolute atomic E-state index is 12.4. The molecule has 0 saturated heterocycles. The van der Waals surface area contributed by atoms with E-state index in [0.717, 1.165) is 24.1 Å². The van der Waals surface area contributed by atoms with Crippen molar-refractivity contribution < 1.29 is 4.92 Å². The first-order valence-electron chi connectivity index (χ1n) is 7.27. The van der Waals surface area contributed by atoms with Crippen LogP contribution in [0.4, 0.5) is 11.4 Å². The van der Waals surface area contributed by atoms with Crippen LogP contribution in [0, 0.1) is 10.1 Å². The number of nitrogens with zero attached hydrogens (tertiary/aromatic N) is 3. The summed E-state index contributed by atoms with van der Waals surface area (Å²) in [5.74, 6) is 0. The van der Waals surface area contributed by atoms with Crippen LogP contribution in [0.15, 0.2) is 35.3 Å². The Bertz CT molecular complexity index is 834. The first-order valence-corrected chi connectivity index (χ1v) is 8.88. The predicted molar refractivity (Wildman–Crippen MR) is 95.5 cm³/mol. The number of aromatic nitrogens is 2. The SMILES string of the molecule is CSC1(CNc2cnn(-c3ccc([N+](=O)[O-])cc3)c(=O)c2Cl)CC1. The molecule has 1 aromatic heterocycles. The molecule has 1 aliphatic carbocycles. The van der Waals surface area contributed by atoms with Crippen LogP contribution < -0.4 is 10.9 Å². The lowest BCUT2D eigenvalue weighted by molar-refractivity contribution is -0.384. The van der Waals surface area contributed by atoms with Gasteiger partial charge in [-0.2, -0.15) is 21.5 Å². The highest BCUT2D eigenvalue weighted by Gasteiger charge is 2.41. The summed E-state index contributed by atoms with van der Waals surface area (Å²) in [7, 11) is 0. The second kappa shape index (κ2) is 6.45. The summed E-state index contributed by atoms with van der Waals surface area (Å²) in [6, 6.07) is 5.56. The van der Waals surface area contributed by atoms with Crippen LogP contribution in [-0.4, -0.2) is 32.3 Å². The topological polar surface area (TPSA) is 90.1 Å². The third-order valence-electron chi connectivity index (χ3n) is 4.07. The van der Waals surface area contributed by atoms with Gasteiger partial charge in [0.05, 0.1) is 22.5 Å². The van der Waals surface area contributed by atoms with E-state index >= 15 is 0 Å². The number of nitro benzene ring substituents is 1. The third kappa shape index (κ3) is 3.25. The van der Waals surface area contributed by atoms with Crippen molar-refractivity contribution in [2.75, 3.05) is 18.1 Å². The molecule has 126 valence electrons. The molecule has 0 atom stereocenters. The quantitative estimate of drug-likeness (QED) is 0.624. The van der Waals surface area contributed by atoms with Gasteiger partial charge in [0.1, 0.15) is 5.02 Å². The van der Waals surface area contributed by atoms with Crippen LogP contribution in [0.3, 0.4) is 0 Å². The summed E-state index contributed by atoms with van der Waals surface area (Å²) in [4.78, 5) is 22.6. The minimum Gasteiger partial charge on any atom is -0.381 e. The second-order valence-electron chi connectivity index (χ2n) is 5.60. The summed E-state index contributed by atoms with van der Waals surface area (Å²) in [6.07, 6.45) is 5.86. The van der Waals surface area contributed by atoms with Crippen molar-refractivity contribution in [2.24, 2.45) is 0 Å². The summed E-state index contributed by atoms with van der Waals surface area (Å²) < 4.78 is 1.36. The Labute approximate surface area is 147 Å². The third-order valence-corrected chi connectivity index (χ3v) is 5.85. The number of anilines is 1. The number of nitrogens with one attached hydrogen (secondary N) is 1.